The third kappa shape index (κ3) is 3.27. The van der Waals surface area contributed by atoms with Crippen LogP contribution in [0.25, 0.3) is 0 Å². The molecule has 1 aromatic rings. The molecule has 1 aliphatic rings. The van der Waals surface area contributed by atoms with Crippen LogP contribution in [0.15, 0.2) is 23.1 Å². The van der Waals surface area contributed by atoms with Gasteiger partial charge in [0.25, 0.3) is 0 Å². The smallest absolute Gasteiger partial charge is 0.399 e. The lowest BCUT2D eigenvalue weighted by molar-refractivity contribution is 0.00578. The molecule has 24 heavy (non-hydrogen) atoms. The molecule has 0 spiro atoms. The molecular weight excluding hydrogens is 325 g/mol. The predicted molar refractivity (Wildman–Crippen MR) is 97.0 cm³/mol. The quantitative estimate of drug-likeness (QED) is 0.763. The standard InChI is InChI=1S/C17H28BNO4S/c1-8-19(9-2)24(20,21)15-11-10-14(12-13(15)3)18-22-16(4,5)17(6,7)23-18/h10-12H,8-9H2,1-7H3. The van der Waals surface area contributed by atoms with Gasteiger partial charge in [-0.1, -0.05) is 26.0 Å². The van der Waals surface area contributed by atoms with Crippen LogP contribution in [0.4, 0.5) is 0 Å². The van der Waals surface area contributed by atoms with Crippen LogP contribution in [0.1, 0.15) is 47.1 Å². The number of sulfonamides is 1. The van der Waals surface area contributed by atoms with Crippen molar-refractivity contribution >= 4 is 22.6 Å². The van der Waals surface area contributed by atoms with Gasteiger partial charge in [-0.2, -0.15) is 4.31 Å². The lowest BCUT2D eigenvalue weighted by atomic mass is 9.78. The second-order valence-electron chi connectivity index (χ2n) is 7.20. The molecule has 1 aromatic carbocycles. The summed E-state index contributed by atoms with van der Waals surface area (Å²) in [5.74, 6) is 0. The van der Waals surface area contributed by atoms with Crippen molar-refractivity contribution in [2.24, 2.45) is 0 Å². The molecule has 0 bridgehead atoms. The van der Waals surface area contributed by atoms with Crippen LogP contribution in [0.5, 0.6) is 0 Å². The molecule has 7 heteroatoms. The highest BCUT2D eigenvalue weighted by Gasteiger charge is 2.51. The summed E-state index contributed by atoms with van der Waals surface area (Å²) in [6, 6.07) is 5.29. The van der Waals surface area contributed by atoms with Gasteiger partial charge in [0.1, 0.15) is 0 Å². The zero-order chi connectivity index (χ0) is 18.3. The van der Waals surface area contributed by atoms with Crippen LogP contribution < -0.4 is 5.46 Å². The highest BCUT2D eigenvalue weighted by molar-refractivity contribution is 7.89. The van der Waals surface area contributed by atoms with E-state index in [-0.39, 0.29) is 0 Å². The van der Waals surface area contributed by atoms with Crippen LogP contribution in [0.3, 0.4) is 0 Å². The fourth-order valence-corrected chi connectivity index (χ4v) is 4.45. The number of nitrogens with zero attached hydrogens (tertiary/aromatic N) is 1. The van der Waals surface area contributed by atoms with Gasteiger partial charge in [0.2, 0.25) is 10.0 Å². The lowest BCUT2D eigenvalue weighted by Gasteiger charge is -2.32. The Kier molecular flexibility index (Phi) is 5.22. The fraction of sp³-hybridized carbons (Fsp3) is 0.647. The van der Waals surface area contributed by atoms with E-state index in [1.807, 2.05) is 54.5 Å². The van der Waals surface area contributed by atoms with Crippen LogP contribution in [0.2, 0.25) is 0 Å². The zero-order valence-electron chi connectivity index (χ0n) is 15.7. The Labute approximate surface area is 146 Å². The average molecular weight is 353 g/mol. The number of rotatable bonds is 5. The maximum Gasteiger partial charge on any atom is 0.494 e. The highest BCUT2D eigenvalue weighted by atomic mass is 32.2. The summed E-state index contributed by atoms with van der Waals surface area (Å²) < 4.78 is 39.0. The Morgan fingerprint density at radius 3 is 1.96 bits per heavy atom. The molecule has 0 amide bonds. The molecule has 1 fully saturated rings. The molecule has 1 aliphatic heterocycles. The van der Waals surface area contributed by atoms with Crippen molar-refractivity contribution in [1.82, 2.24) is 4.31 Å². The van der Waals surface area contributed by atoms with Gasteiger partial charge in [0.15, 0.2) is 0 Å². The van der Waals surface area contributed by atoms with Gasteiger partial charge in [-0.3, -0.25) is 0 Å². The summed E-state index contributed by atoms with van der Waals surface area (Å²) in [6.45, 7) is 14.4. The topological polar surface area (TPSA) is 55.8 Å². The van der Waals surface area contributed by atoms with Crippen molar-refractivity contribution in [3.63, 3.8) is 0 Å². The minimum absolute atomic E-state index is 0.339. The molecule has 0 aliphatic carbocycles. The van der Waals surface area contributed by atoms with Crippen molar-refractivity contribution in [2.75, 3.05) is 13.1 Å². The van der Waals surface area contributed by atoms with E-state index >= 15 is 0 Å². The monoisotopic (exact) mass is 353 g/mol. The number of benzene rings is 1. The van der Waals surface area contributed by atoms with E-state index < -0.39 is 28.3 Å². The van der Waals surface area contributed by atoms with E-state index in [9.17, 15) is 8.42 Å². The first-order chi connectivity index (χ1) is 11.0. The second kappa shape index (κ2) is 6.44. The van der Waals surface area contributed by atoms with Crippen molar-refractivity contribution in [1.29, 1.82) is 0 Å². The molecule has 1 saturated heterocycles. The third-order valence-corrected chi connectivity index (χ3v) is 7.26. The summed E-state index contributed by atoms with van der Waals surface area (Å²) in [5.41, 5.74) is 0.702. The van der Waals surface area contributed by atoms with Crippen molar-refractivity contribution < 1.29 is 17.7 Å². The molecule has 0 radical (unpaired) electrons. The van der Waals surface area contributed by atoms with Crippen LogP contribution in [-0.4, -0.2) is 44.1 Å². The summed E-state index contributed by atoms with van der Waals surface area (Å²) in [7, 11) is -3.95. The molecule has 0 aromatic heterocycles. The van der Waals surface area contributed by atoms with E-state index in [0.717, 1.165) is 5.46 Å². The van der Waals surface area contributed by atoms with Gasteiger partial charge in [-0.15, -0.1) is 0 Å². The van der Waals surface area contributed by atoms with E-state index in [0.29, 0.717) is 23.5 Å². The fourth-order valence-electron chi connectivity index (χ4n) is 2.79. The maximum absolute atomic E-state index is 12.7. The average Bonchev–Trinajstić information content (AvgIpc) is 2.68. The van der Waals surface area contributed by atoms with Crippen LogP contribution in [0, 0.1) is 6.92 Å². The van der Waals surface area contributed by atoms with E-state index in [2.05, 4.69) is 0 Å². The minimum atomic E-state index is -3.47. The molecule has 0 N–H and O–H groups in total. The first kappa shape index (κ1) is 19.4. The number of hydrogen-bond donors (Lipinski definition) is 0. The molecule has 1 heterocycles. The first-order valence-electron chi connectivity index (χ1n) is 8.42. The van der Waals surface area contributed by atoms with E-state index in [1.165, 1.54) is 4.31 Å². The molecule has 134 valence electrons. The SMILES string of the molecule is CCN(CC)S(=O)(=O)c1ccc(B2OC(C)(C)C(C)(C)O2)cc1C. The molecule has 0 saturated carbocycles. The molecule has 0 atom stereocenters. The Balaban J connectivity index is 2.35. The van der Waals surface area contributed by atoms with Crippen LogP contribution >= 0.6 is 0 Å². The molecular formula is C17H28BNO4S. The Hall–Kier alpha value is -0.885. The van der Waals surface area contributed by atoms with Gasteiger partial charge in [-0.05, 0) is 51.7 Å². The van der Waals surface area contributed by atoms with Gasteiger partial charge >= 0.3 is 7.12 Å². The molecule has 0 unspecified atom stereocenters. The highest BCUT2D eigenvalue weighted by Crippen LogP contribution is 2.36. The predicted octanol–water partition coefficient (Wildman–Crippen LogP) is 2.32. The van der Waals surface area contributed by atoms with Crippen molar-refractivity contribution in [3.05, 3.63) is 23.8 Å². The zero-order valence-corrected chi connectivity index (χ0v) is 16.5. The van der Waals surface area contributed by atoms with Crippen molar-refractivity contribution in [2.45, 2.75) is 64.6 Å². The normalized spacial score (nSPS) is 19.9. The Bertz CT molecular complexity index is 695. The summed E-state index contributed by atoms with van der Waals surface area (Å²) in [4.78, 5) is 0.339. The minimum Gasteiger partial charge on any atom is -0.399 e. The Morgan fingerprint density at radius 2 is 1.54 bits per heavy atom. The summed E-state index contributed by atoms with van der Waals surface area (Å²) in [6.07, 6.45) is 0. The molecule has 5 nitrogen and oxygen atoms in total. The number of hydrogen-bond acceptors (Lipinski definition) is 4. The summed E-state index contributed by atoms with van der Waals surface area (Å²) >= 11 is 0. The first-order valence-corrected chi connectivity index (χ1v) is 9.86. The second-order valence-corrected chi connectivity index (χ2v) is 9.11. The van der Waals surface area contributed by atoms with Gasteiger partial charge in [-0.25, -0.2) is 8.42 Å². The molecule has 2 rings (SSSR count). The summed E-state index contributed by atoms with van der Waals surface area (Å²) in [5, 5.41) is 0. The van der Waals surface area contributed by atoms with E-state index in [1.54, 1.807) is 12.1 Å². The van der Waals surface area contributed by atoms with Gasteiger partial charge in [0.05, 0.1) is 16.1 Å². The van der Waals surface area contributed by atoms with Gasteiger partial charge < -0.3 is 9.31 Å². The number of aryl methyl sites for hydroxylation is 1. The largest absolute Gasteiger partial charge is 0.494 e. The third-order valence-electron chi connectivity index (χ3n) is 5.05. The van der Waals surface area contributed by atoms with Gasteiger partial charge in [0, 0.05) is 13.1 Å². The van der Waals surface area contributed by atoms with Crippen LogP contribution in [-0.2, 0) is 19.3 Å². The van der Waals surface area contributed by atoms with E-state index in [4.69, 9.17) is 9.31 Å². The maximum atomic E-state index is 12.7. The van der Waals surface area contributed by atoms with Crippen molar-refractivity contribution in [3.8, 4) is 0 Å². The lowest BCUT2D eigenvalue weighted by Crippen LogP contribution is -2.41. The Morgan fingerprint density at radius 1 is 1.04 bits per heavy atom.